The summed E-state index contributed by atoms with van der Waals surface area (Å²) in [6, 6.07) is 11.9. The van der Waals surface area contributed by atoms with Gasteiger partial charge >= 0.3 is 5.97 Å². The van der Waals surface area contributed by atoms with Crippen LogP contribution in [0.3, 0.4) is 0 Å². The molecule has 1 atom stereocenters. The van der Waals surface area contributed by atoms with Gasteiger partial charge in [0.25, 0.3) is 5.91 Å². The van der Waals surface area contributed by atoms with E-state index in [1.807, 2.05) is 6.07 Å². The Morgan fingerprint density at radius 2 is 1.96 bits per heavy atom. The van der Waals surface area contributed by atoms with Gasteiger partial charge in [-0.25, -0.2) is 10.2 Å². The number of nitrogens with one attached hydrogen (secondary N) is 1. The van der Waals surface area contributed by atoms with E-state index in [1.165, 1.54) is 20.2 Å². The summed E-state index contributed by atoms with van der Waals surface area (Å²) < 4.78 is 11.2. The third kappa shape index (κ3) is 5.06. The van der Waals surface area contributed by atoms with Gasteiger partial charge in [-0.2, -0.15) is 5.10 Å². The second-order valence-electron chi connectivity index (χ2n) is 5.19. The molecule has 0 radical (unpaired) electrons. The van der Waals surface area contributed by atoms with E-state index in [-0.39, 0.29) is 5.91 Å². The number of nitrogens with zero attached hydrogens (tertiary/aromatic N) is 1. The average molecular weight is 421 g/mol. The molecule has 0 aliphatic heterocycles. The standard InChI is InChI=1S/C18H17BrN2O5/c1-11(18(23)24)26-15-8-7-12(9-16(15)25-2)10-20-21-17(22)13-5-3-4-6-14(13)19/h3-11H,1-2H3,(H,21,22)(H,23,24)/b20-10-/t11-/m1/s1. The Morgan fingerprint density at radius 3 is 2.62 bits per heavy atom. The first-order chi connectivity index (χ1) is 12.4. The molecule has 0 spiro atoms. The number of hydrogen-bond acceptors (Lipinski definition) is 5. The molecule has 26 heavy (non-hydrogen) atoms. The first kappa shape index (κ1) is 19.5. The molecule has 2 N–H and O–H groups in total. The number of rotatable bonds is 7. The number of benzene rings is 2. The van der Waals surface area contributed by atoms with Crippen LogP contribution in [-0.2, 0) is 4.79 Å². The second kappa shape index (κ2) is 9.00. The number of aliphatic carboxylic acids is 1. The maximum Gasteiger partial charge on any atom is 0.344 e. The van der Waals surface area contributed by atoms with Crippen molar-refractivity contribution in [3.8, 4) is 11.5 Å². The summed E-state index contributed by atoms with van der Waals surface area (Å²) in [6.07, 6.45) is 0.439. The van der Waals surface area contributed by atoms with Gasteiger partial charge in [0, 0.05) is 4.47 Å². The van der Waals surface area contributed by atoms with Crippen molar-refractivity contribution in [2.75, 3.05) is 7.11 Å². The van der Waals surface area contributed by atoms with Crippen molar-refractivity contribution in [1.29, 1.82) is 0 Å². The van der Waals surface area contributed by atoms with E-state index in [9.17, 15) is 9.59 Å². The van der Waals surface area contributed by atoms with E-state index in [4.69, 9.17) is 14.6 Å². The van der Waals surface area contributed by atoms with Gasteiger partial charge in [-0.05, 0) is 58.7 Å². The van der Waals surface area contributed by atoms with Gasteiger partial charge in [0.05, 0.1) is 18.9 Å². The van der Waals surface area contributed by atoms with Gasteiger partial charge in [0.1, 0.15) is 0 Å². The van der Waals surface area contributed by atoms with Crippen LogP contribution in [0.2, 0.25) is 0 Å². The highest BCUT2D eigenvalue weighted by Crippen LogP contribution is 2.28. The summed E-state index contributed by atoms with van der Waals surface area (Å²) in [7, 11) is 1.45. The summed E-state index contributed by atoms with van der Waals surface area (Å²) in [6.45, 7) is 1.42. The molecule has 1 amide bonds. The average Bonchev–Trinajstić information content (AvgIpc) is 2.62. The molecular weight excluding hydrogens is 404 g/mol. The van der Waals surface area contributed by atoms with Crippen molar-refractivity contribution in [2.45, 2.75) is 13.0 Å². The monoisotopic (exact) mass is 420 g/mol. The van der Waals surface area contributed by atoms with Crippen molar-refractivity contribution in [3.05, 3.63) is 58.1 Å². The molecule has 8 heteroatoms. The van der Waals surface area contributed by atoms with Crippen molar-refractivity contribution >= 4 is 34.0 Å². The summed E-state index contributed by atoms with van der Waals surface area (Å²) in [5.74, 6) is -0.764. The van der Waals surface area contributed by atoms with E-state index in [0.717, 1.165) is 0 Å². The van der Waals surface area contributed by atoms with Gasteiger partial charge in [-0.1, -0.05) is 12.1 Å². The molecule has 0 fully saturated rings. The van der Waals surface area contributed by atoms with Gasteiger partial charge in [-0.3, -0.25) is 4.79 Å². The summed E-state index contributed by atoms with van der Waals surface area (Å²) in [4.78, 5) is 22.9. The molecule has 0 aliphatic rings. The third-order valence-electron chi connectivity index (χ3n) is 3.34. The number of methoxy groups -OCH3 is 1. The SMILES string of the molecule is COc1cc(/C=N\NC(=O)c2ccccc2Br)ccc1O[C@H](C)C(=O)O. The number of halogens is 1. The van der Waals surface area contributed by atoms with E-state index in [1.54, 1.807) is 36.4 Å². The fourth-order valence-electron chi connectivity index (χ4n) is 1.97. The predicted octanol–water partition coefficient (Wildman–Crippen LogP) is 3.07. The molecule has 2 aromatic carbocycles. The van der Waals surface area contributed by atoms with Crippen LogP contribution >= 0.6 is 15.9 Å². The number of carboxylic acids is 1. The van der Waals surface area contributed by atoms with Crippen LogP contribution in [0, 0.1) is 0 Å². The minimum atomic E-state index is -1.08. The Morgan fingerprint density at radius 1 is 1.23 bits per heavy atom. The summed E-state index contributed by atoms with van der Waals surface area (Å²) >= 11 is 3.31. The van der Waals surface area contributed by atoms with Crippen LogP contribution in [0.25, 0.3) is 0 Å². The highest BCUT2D eigenvalue weighted by molar-refractivity contribution is 9.10. The fraction of sp³-hybridized carbons (Fsp3) is 0.167. The molecule has 2 rings (SSSR count). The molecule has 0 aliphatic carbocycles. The molecule has 0 unspecified atom stereocenters. The van der Waals surface area contributed by atoms with Crippen LogP contribution < -0.4 is 14.9 Å². The van der Waals surface area contributed by atoms with Crippen molar-refractivity contribution in [1.82, 2.24) is 5.43 Å². The predicted molar refractivity (Wildman–Crippen MR) is 99.9 cm³/mol. The minimum absolute atomic E-state index is 0.303. The summed E-state index contributed by atoms with van der Waals surface area (Å²) in [5, 5.41) is 12.8. The van der Waals surface area contributed by atoms with Crippen molar-refractivity contribution in [2.24, 2.45) is 5.10 Å². The lowest BCUT2D eigenvalue weighted by Gasteiger charge is -2.14. The molecule has 0 bridgehead atoms. The maximum atomic E-state index is 12.1. The number of ether oxygens (including phenoxy) is 2. The fourth-order valence-corrected chi connectivity index (χ4v) is 2.44. The zero-order valence-corrected chi connectivity index (χ0v) is 15.7. The zero-order chi connectivity index (χ0) is 19.1. The first-order valence-electron chi connectivity index (χ1n) is 7.57. The minimum Gasteiger partial charge on any atom is -0.493 e. The highest BCUT2D eigenvalue weighted by Gasteiger charge is 2.15. The molecule has 0 saturated carbocycles. The van der Waals surface area contributed by atoms with E-state index < -0.39 is 12.1 Å². The maximum absolute atomic E-state index is 12.1. The Labute approximate surface area is 158 Å². The molecule has 0 heterocycles. The largest absolute Gasteiger partial charge is 0.493 e. The van der Waals surface area contributed by atoms with E-state index in [0.29, 0.717) is 27.1 Å². The van der Waals surface area contributed by atoms with Gasteiger partial charge in [-0.15, -0.1) is 0 Å². The molecule has 136 valence electrons. The summed E-state index contributed by atoms with van der Waals surface area (Å²) in [5.41, 5.74) is 3.55. The number of carbonyl (C=O) groups is 2. The van der Waals surface area contributed by atoms with Gasteiger partial charge in [0.15, 0.2) is 17.6 Å². The lowest BCUT2D eigenvalue weighted by atomic mass is 10.2. The lowest BCUT2D eigenvalue weighted by molar-refractivity contribution is -0.144. The number of hydrogen-bond donors (Lipinski definition) is 2. The number of hydrazone groups is 1. The van der Waals surface area contributed by atoms with Crippen LogP contribution in [0.15, 0.2) is 52.0 Å². The number of carboxylic acid groups (broad SMARTS) is 1. The molecule has 0 saturated heterocycles. The Kier molecular flexibility index (Phi) is 6.74. The smallest absolute Gasteiger partial charge is 0.344 e. The normalized spacial score (nSPS) is 11.8. The topological polar surface area (TPSA) is 97.2 Å². The van der Waals surface area contributed by atoms with Crippen molar-refractivity contribution in [3.63, 3.8) is 0 Å². The molecule has 2 aromatic rings. The molecule has 0 aromatic heterocycles. The number of amides is 1. The Hall–Kier alpha value is -2.87. The Balaban J connectivity index is 2.07. The molecular formula is C18H17BrN2O5. The zero-order valence-electron chi connectivity index (χ0n) is 14.1. The first-order valence-corrected chi connectivity index (χ1v) is 8.37. The lowest BCUT2D eigenvalue weighted by Crippen LogP contribution is -2.23. The van der Waals surface area contributed by atoms with E-state index in [2.05, 4.69) is 26.5 Å². The quantitative estimate of drug-likeness (QED) is 0.529. The van der Waals surface area contributed by atoms with Crippen LogP contribution in [0.1, 0.15) is 22.8 Å². The second-order valence-corrected chi connectivity index (χ2v) is 6.04. The molecule has 7 nitrogen and oxygen atoms in total. The van der Waals surface area contributed by atoms with Crippen LogP contribution in [0.4, 0.5) is 0 Å². The highest BCUT2D eigenvalue weighted by atomic mass is 79.9. The van der Waals surface area contributed by atoms with Crippen molar-refractivity contribution < 1.29 is 24.2 Å². The Bertz CT molecular complexity index is 838. The third-order valence-corrected chi connectivity index (χ3v) is 4.03. The number of carbonyl (C=O) groups excluding carboxylic acids is 1. The van der Waals surface area contributed by atoms with Crippen LogP contribution in [-0.4, -0.2) is 36.4 Å². The van der Waals surface area contributed by atoms with Gasteiger partial charge in [0.2, 0.25) is 0 Å². The van der Waals surface area contributed by atoms with Crippen LogP contribution in [0.5, 0.6) is 11.5 Å². The van der Waals surface area contributed by atoms with Gasteiger partial charge < -0.3 is 14.6 Å². The van der Waals surface area contributed by atoms with E-state index >= 15 is 0 Å².